The maximum absolute atomic E-state index is 9.34. The fourth-order valence-electron chi connectivity index (χ4n) is 2.30. The highest BCUT2D eigenvalue weighted by atomic mass is 32.2. The standard InChI is InChI=1S/C13H22N4OS/c1-4-14-11-7-12(16-13(15-11)19-3)17(2)8-9-5-10(18)6-9/h7,9-10,18H,4-6,8H2,1-3H3,(H,14,15,16). The molecule has 1 aliphatic rings. The van der Waals surface area contributed by atoms with Gasteiger partial charge in [0, 0.05) is 26.2 Å². The van der Waals surface area contributed by atoms with Crippen LogP contribution < -0.4 is 10.2 Å². The lowest BCUT2D eigenvalue weighted by atomic mass is 9.82. The molecule has 0 unspecified atom stereocenters. The number of hydrogen-bond acceptors (Lipinski definition) is 6. The van der Waals surface area contributed by atoms with Gasteiger partial charge in [-0.3, -0.25) is 0 Å². The molecule has 19 heavy (non-hydrogen) atoms. The average Bonchev–Trinajstić information content (AvgIpc) is 2.36. The molecule has 1 heterocycles. The average molecular weight is 282 g/mol. The van der Waals surface area contributed by atoms with Gasteiger partial charge in [-0.2, -0.15) is 0 Å². The van der Waals surface area contributed by atoms with Crippen molar-refractivity contribution in [2.75, 3.05) is 36.6 Å². The van der Waals surface area contributed by atoms with Crippen LogP contribution in [-0.4, -0.2) is 47.6 Å². The molecule has 1 aromatic rings. The van der Waals surface area contributed by atoms with E-state index in [9.17, 15) is 5.11 Å². The van der Waals surface area contributed by atoms with Crippen molar-refractivity contribution in [3.05, 3.63) is 6.07 Å². The first-order valence-corrected chi connectivity index (χ1v) is 7.91. The van der Waals surface area contributed by atoms with E-state index in [2.05, 4.69) is 27.1 Å². The first-order valence-electron chi connectivity index (χ1n) is 6.68. The summed E-state index contributed by atoms with van der Waals surface area (Å²) in [5.41, 5.74) is 0. The molecule has 1 aliphatic carbocycles. The number of rotatable bonds is 6. The van der Waals surface area contributed by atoms with Gasteiger partial charge in [0.1, 0.15) is 11.6 Å². The molecule has 0 aliphatic heterocycles. The number of hydrogen-bond donors (Lipinski definition) is 2. The van der Waals surface area contributed by atoms with Crippen LogP contribution in [0.5, 0.6) is 0 Å². The van der Waals surface area contributed by atoms with E-state index in [1.807, 2.05) is 19.4 Å². The second-order valence-corrected chi connectivity index (χ2v) is 5.77. The summed E-state index contributed by atoms with van der Waals surface area (Å²) >= 11 is 1.55. The van der Waals surface area contributed by atoms with Crippen molar-refractivity contribution in [1.29, 1.82) is 0 Å². The van der Waals surface area contributed by atoms with Crippen LogP contribution in [0, 0.1) is 5.92 Å². The minimum Gasteiger partial charge on any atom is -0.393 e. The Morgan fingerprint density at radius 2 is 2.21 bits per heavy atom. The monoisotopic (exact) mass is 282 g/mol. The number of anilines is 2. The number of nitrogens with one attached hydrogen (secondary N) is 1. The molecule has 2 rings (SSSR count). The third-order valence-corrected chi connectivity index (χ3v) is 3.91. The molecule has 5 nitrogen and oxygen atoms in total. The SMILES string of the molecule is CCNc1cc(N(C)CC2CC(O)C2)nc(SC)n1. The van der Waals surface area contributed by atoms with Gasteiger partial charge in [0.15, 0.2) is 5.16 Å². The van der Waals surface area contributed by atoms with E-state index in [0.29, 0.717) is 5.92 Å². The Morgan fingerprint density at radius 1 is 1.47 bits per heavy atom. The predicted molar refractivity (Wildman–Crippen MR) is 80.0 cm³/mol. The van der Waals surface area contributed by atoms with Crippen molar-refractivity contribution in [3.8, 4) is 0 Å². The van der Waals surface area contributed by atoms with Crippen LogP contribution in [0.4, 0.5) is 11.6 Å². The summed E-state index contributed by atoms with van der Waals surface area (Å²) in [5, 5.41) is 13.4. The molecule has 0 spiro atoms. The molecule has 0 bridgehead atoms. The molecule has 0 atom stereocenters. The van der Waals surface area contributed by atoms with E-state index in [1.54, 1.807) is 11.8 Å². The van der Waals surface area contributed by atoms with E-state index >= 15 is 0 Å². The van der Waals surface area contributed by atoms with Gasteiger partial charge in [-0.15, -0.1) is 0 Å². The van der Waals surface area contributed by atoms with Gasteiger partial charge in [-0.25, -0.2) is 9.97 Å². The van der Waals surface area contributed by atoms with Gasteiger partial charge in [0.25, 0.3) is 0 Å². The molecule has 1 aromatic heterocycles. The molecular formula is C13H22N4OS. The van der Waals surface area contributed by atoms with Crippen LogP contribution in [-0.2, 0) is 0 Å². The minimum atomic E-state index is -0.0946. The molecule has 2 N–H and O–H groups in total. The zero-order valence-corrected chi connectivity index (χ0v) is 12.6. The fraction of sp³-hybridized carbons (Fsp3) is 0.692. The summed E-state index contributed by atoms with van der Waals surface area (Å²) in [6, 6.07) is 1.98. The first-order chi connectivity index (χ1) is 9.12. The van der Waals surface area contributed by atoms with Gasteiger partial charge >= 0.3 is 0 Å². The van der Waals surface area contributed by atoms with Crippen molar-refractivity contribution in [2.24, 2.45) is 5.92 Å². The van der Waals surface area contributed by atoms with Crippen LogP contribution in [0.1, 0.15) is 19.8 Å². The van der Waals surface area contributed by atoms with Crippen molar-refractivity contribution in [3.63, 3.8) is 0 Å². The van der Waals surface area contributed by atoms with Crippen LogP contribution in [0.3, 0.4) is 0 Å². The van der Waals surface area contributed by atoms with Crippen LogP contribution in [0.15, 0.2) is 11.2 Å². The van der Waals surface area contributed by atoms with Gasteiger partial charge in [-0.05, 0) is 31.9 Å². The lowest BCUT2D eigenvalue weighted by Crippen LogP contribution is -2.37. The highest BCUT2D eigenvalue weighted by Crippen LogP contribution is 2.29. The zero-order valence-electron chi connectivity index (χ0n) is 11.8. The van der Waals surface area contributed by atoms with E-state index in [1.165, 1.54) is 0 Å². The largest absolute Gasteiger partial charge is 0.393 e. The van der Waals surface area contributed by atoms with Crippen molar-refractivity contribution in [1.82, 2.24) is 9.97 Å². The fourth-order valence-corrected chi connectivity index (χ4v) is 2.68. The Kier molecular flexibility index (Phi) is 4.87. The second kappa shape index (κ2) is 6.43. The van der Waals surface area contributed by atoms with E-state index in [4.69, 9.17) is 0 Å². The highest BCUT2D eigenvalue weighted by Gasteiger charge is 2.28. The Labute approximate surface area is 118 Å². The quantitative estimate of drug-likeness (QED) is 0.613. The molecule has 0 saturated heterocycles. The first kappa shape index (κ1) is 14.4. The normalized spacial score (nSPS) is 21.9. The lowest BCUT2D eigenvalue weighted by Gasteiger charge is -2.34. The third kappa shape index (κ3) is 3.73. The Hall–Kier alpha value is -1.01. The predicted octanol–water partition coefficient (Wildman–Crippen LogP) is 1.84. The van der Waals surface area contributed by atoms with E-state index in [-0.39, 0.29) is 6.10 Å². The summed E-state index contributed by atoms with van der Waals surface area (Å²) in [7, 11) is 2.05. The molecule has 6 heteroatoms. The van der Waals surface area contributed by atoms with Crippen molar-refractivity contribution in [2.45, 2.75) is 31.0 Å². The Morgan fingerprint density at radius 3 is 2.79 bits per heavy atom. The van der Waals surface area contributed by atoms with Crippen LogP contribution in [0.2, 0.25) is 0 Å². The Bertz CT molecular complexity index is 423. The third-order valence-electron chi connectivity index (χ3n) is 3.37. The minimum absolute atomic E-state index is 0.0946. The van der Waals surface area contributed by atoms with Crippen molar-refractivity contribution >= 4 is 23.4 Å². The summed E-state index contributed by atoms with van der Waals surface area (Å²) in [6.45, 7) is 3.84. The van der Waals surface area contributed by atoms with Gasteiger partial charge in [-0.1, -0.05) is 11.8 Å². The maximum Gasteiger partial charge on any atom is 0.191 e. The zero-order chi connectivity index (χ0) is 13.8. The smallest absolute Gasteiger partial charge is 0.191 e. The topological polar surface area (TPSA) is 61.3 Å². The van der Waals surface area contributed by atoms with Crippen LogP contribution in [0.25, 0.3) is 0 Å². The van der Waals surface area contributed by atoms with Gasteiger partial charge < -0.3 is 15.3 Å². The molecule has 0 radical (unpaired) electrons. The number of nitrogens with zero attached hydrogens (tertiary/aromatic N) is 3. The van der Waals surface area contributed by atoms with Gasteiger partial charge in [0.2, 0.25) is 0 Å². The Balaban J connectivity index is 2.06. The number of thioether (sulfide) groups is 1. The summed E-state index contributed by atoms with van der Waals surface area (Å²) in [6.07, 6.45) is 3.70. The van der Waals surface area contributed by atoms with Gasteiger partial charge in [0.05, 0.1) is 6.10 Å². The number of aliphatic hydroxyl groups is 1. The summed E-state index contributed by atoms with van der Waals surface area (Å²) in [4.78, 5) is 11.1. The lowest BCUT2D eigenvalue weighted by molar-refractivity contribution is 0.0464. The molecular weight excluding hydrogens is 260 g/mol. The van der Waals surface area contributed by atoms with Crippen LogP contribution >= 0.6 is 11.8 Å². The summed E-state index contributed by atoms with van der Waals surface area (Å²) < 4.78 is 0. The maximum atomic E-state index is 9.34. The van der Waals surface area contributed by atoms with E-state index in [0.717, 1.165) is 42.7 Å². The number of aliphatic hydroxyl groups excluding tert-OH is 1. The highest BCUT2D eigenvalue weighted by molar-refractivity contribution is 7.98. The summed E-state index contributed by atoms with van der Waals surface area (Å²) in [5.74, 6) is 2.39. The molecule has 106 valence electrons. The molecule has 1 saturated carbocycles. The molecule has 0 aromatic carbocycles. The number of aromatic nitrogens is 2. The second-order valence-electron chi connectivity index (χ2n) is 5.00. The van der Waals surface area contributed by atoms with E-state index < -0.39 is 0 Å². The molecule has 1 fully saturated rings. The molecule has 0 amide bonds. The van der Waals surface area contributed by atoms with Crippen molar-refractivity contribution < 1.29 is 5.11 Å².